The summed E-state index contributed by atoms with van der Waals surface area (Å²) in [5, 5.41) is 24.4. The minimum absolute atomic E-state index is 0.0449. The first-order chi connectivity index (χ1) is 36.9. The maximum Gasteiger partial charge on any atom is 0.405 e. The Morgan fingerprint density at radius 2 is 0.987 bits per heavy atom. The Balaban J connectivity index is 0.932. The number of benzene rings is 3. The number of carboxylic acid groups (broad SMARTS) is 2. The fraction of sp³-hybridized carbons (Fsp3) is 0.579. The first-order valence-corrected chi connectivity index (χ1v) is 27.9. The van der Waals surface area contributed by atoms with Crippen LogP contribution < -0.4 is 20.4 Å². The maximum absolute atomic E-state index is 17.0. The van der Waals surface area contributed by atoms with E-state index in [-0.39, 0.29) is 64.4 Å². The van der Waals surface area contributed by atoms with Gasteiger partial charge < -0.3 is 50.4 Å². The Labute approximate surface area is 444 Å². The molecule has 5 aromatic rings. The Morgan fingerprint density at radius 3 is 1.39 bits per heavy atom. The van der Waals surface area contributed by atoms with E-state index in [4.69, 9.17) is 9.97 Å². The molecule has 4 aliphatic heterocycles. The number of carbonyl (C=O) groups excluding carboxylic acids is 2. The number of amides is 4. The summed E-state index contributed by atoms with van der Waals surface area (Å²) in [6.45, 7) is 8.27. The predicted octanol–water partition coefficient (Wildman–Crippen LogP) is 11.3. The number of aromatic nitrogens is 4. The molecule has 6 atom stereocenters. The lowest BCUT2D eigenvalue weighted by Crippen LogP contribution is -2.51. The van der Waals surface area contributed by atoms with E-state index in [9.17, 15) is 29.4 Å². The predicted molar refractivity (Wildman–Crippen MR) is 281 cm³/mol. The van der Waals surface area contributed by atoms with Gasteiger partial charge in [-0.05, 0) is 124 Å². The van der Waals surface area contributed by atoms with Gasteiger partial charge in [-0.15, -0.1) is 0 Å². The maximum atomic E-state index is 17.0. The summed E-state index contributed by atoms with van der Waals surface area (Å²) in [5.74, 6) is -2.44. The van der Waals surface area contributed by atoms with E-state index in [1.165, 1.54) is 24.3 Å². The highest BCUT2D eigenvalue weighted by atomic mass is 19.1. The number of aromatic amines is 2. The summed E-state index contributed by atoms with van der Waals surface area (Å²) in [5.41, 5.74) is 1.94. The van der Waals surface area contributed by atoms with Crippen molar-refractivity contribution in [1.29, 1.82) is 0 Å². The lowest BCUT2D eigenvalue weighted by atomic mass is 9.75. The third-order valence-electron chi connectivity index (χ3n) is 18.2. The van der Waals surface area contributed by atoms with Crippen LogP contribution in [0.25, 0.3) is 22.1 Å². The second kappa shape index (κ2) is 21.0. The van der Waals surface area contributed by atoms with Crippen LogP contribution in [-0.4, -0.2) is 102 Å². The number of halogens is 4. The molecule has 11 rings (SSSR count). The van der Waals surface area contributed by atoms with Gasteiger partial charge >= 0.3 is 12.2 Å². The van der Waals surface area contributed by atoms with Crippen molar-refractivity contribution in [3.63, 3.8) is 0 Å². The van der Waals surface area contributed by atoms with Gasteiger partial charge in [0, 0.05) is 55.1 Å². The highest BCUT2D eigenvalue weighted by Gasteiger charge is 2.44. The number of rotatable bonds is 12. The molecule has 412 valence electrons. The Bertz CT molecular complexity index is 2890. The Kier molecular flexibility index (Phi) is 14.3. The largest absolute Gasteiger partial charge is 0.465 e. The van der Waals surface area contributed by atoms with Crippen molar-refractivity contribution in [3.05, 3.63) is 82.4 Å². The molecule has 3 aromatic carbocycles. The van der Waals surface area contributed by atoms with Gasteiger partial charge in [-0.3, -0.25) is 9.59 Å². The number of imidazole rings is 2. The van der Waals surface area contributed by atoms with Gasteiger partial charge in [0.2, 0.25) is 11.8 Å². The third-order valence-corrected chi connectivity index (χ3v) is 18.2. The fourth-order valence-corrected chi connectivity index (χ4v) is 14.3. The molecule has 4 amide bonds. The number of likely N-dealkylation sites (tertiary alicyclic amines) is 2. The van der Waals surface area contributed by atoms with Crippen molar-refractivity contribution in [1.82, 2.24) is 40.4 Å². The molecule has 77 heavy (non-hydrogen) atoms. The zero-order valence-electron chi connectivity index (χ0n) is 44.0. The minimum atomic E-state index is -1.26. The second-order valence-corrected chi connectivity index (χ2v) is 23.8. The smallest absolute Gasteiger partial charge is 0.405 e. The van der Waals surface area contributed by atoms with Crippen molar-refractivity contribution in [2.45, 2.75) is 160 Å². The van der Waals surface area contributed by atoms with E-state index < -0.39 is 71.7 Å². The first-order valence-electron chi connectivity index (χ1n) is 27.9. The van der Waals surface area contributed by atoms with Crippen molar-refractivity contribution in [3.8, 4) is 0 Å². The van der Waals surface area contributed by atoms with Gasteiger partial charge in [0.1, 0.15) is 41.1 Å². The summed E-state index contributed by atoms with van der Waals surface area (Å²) >= 11 is 0. The van der Waals surface area contributed by atoms with Crippen LogP contribution in [0.3, 0.4) is 0 Å². The van der Waals surface area contributed by atoms with Crippen LogP contribution >= 0.6 is 0 Å². The zero-order chi connectivity index (χ0) is 54.0. The molecule has 0 bridgehead atoms. The van der Waals surface area contributed by atoms with E-state index in [1.54, 1.807) is 31.7 Å². The third kappa shape index (κ3) is 10.1. The van der Waals surface area contributed by atoms with E-state index in [0.29, 0.717) is 91.5 Å². The fourth-order valence-electron chi connectivity index (χ4n) is 14.3. The van der Waals surface area contributed by atoms with E-state index in [2.05, 4.69) is 41.4 Å². The molecule has 0 radical (unpaired) electrons. The molecule has 6 heterocycles. The van der Waals surface area contributed by atoms with Crippen molar-refractivity contribution in [2.75, 3.05) is 36.0 Å². The molecule has 16 nitrogen and oxygen atoms in total. The molecular weight excluding hydrogens is 997 g/mol. The molecule has 0 spiro atoms. The van der Waals surface area contributed by atoms with Crippen molar-refractivity contribution < 1.29 is 47.0 Å². The number of nitrogens with one attached hydrogen (secondary N) is 4. The van der Waals surface area contributed by atoms with Gasteiger partial charge in [-0.1, -0.05) is 46.5 Å². The number of hydrogen-bond donors (Lipinski definition) is 6. The summed E-state index contributed by atoms with van der Waals surface area (Å²) in [4.78, 5) is 75.1. The average molecular weight is 1070 g/mol. The number of hydrogen-bond acceptors (Lipinski definition) is 8. The number of fused-ring (bicyclic) bond motifs is 2. The molecule has 0 unspecified atom stereocenters. The van der Waals surface area contributed by atoms with Gasteiger partial charge in [-0.25, -0.2) is 37.1 Å². The monoisotopic (exact) mass is 1070 g/mol. The van der Waals surface area contributed by atoms with Crippen LogP contribution in [-0.2, 0) is 9.59 Å². The molecule has 4 saturated heterocycles. The highest BCUT2D eigenvalue weighted by Crippen LogP contribution is 2.51. The number of piperidine rings is 1. The number of H-pyrrole nitrogens is 2. The lowest BCUT2D eigenvalue weighted by molar-refractivity contribution is -0.136. The van der Waals surface area contributed by atoms with E-state index >= 15 is 17.6 Å². The van der Waals surface area contributed by atoms with E-state index in [1.807, 2.05) is 0 Å². The molecule has 6 N–H and O–H groups in total. The number of nitrogens with zero attached hydrogens (tertiary/aromatic N) is 6. The van der Waals surface area contributed by atoms with Gasteiger partial charge in [0.25, 0.3) is 0 Å². The first kappa shape index (κ1) is 52.5. The molecule has 2 aliphatic carbocycles. The Hall–Kier alpha value is -6.60. The topological polar surface area (TPSA) is 203 Å². The summed E-state index contributed by atoms with van der Waals surface area (Å²) in [6, 6.07) is 3.89. The van der Waals surface area contributed by atoms with Crippen LogP contribution in [0.4, 0.5) is 38.5 Å². The highest BCUT2D eigenvalue weighted by molar-refractivity contribution is 5.87. The Morgan fingerprint density at radius 1 is 0.558 bits per heavy atom. The molecular formula is C57H70F4N10O6. The SMILES string of the molecule is CC(C)(C)C1CCN(c2c(F)cc(N3[C@@H](c4cc5[nH]c([C@@H]6CCCN6C(=O)[C@@H](NC(=O)O)C6CCCC6)nc5cc4F)CC[C@@H]3c3cc4[nH]c([C@@H]5CCCN5C(=O)[C@@H](NC(=O)O)C5CCCC5)nc4cc3F)cc2F)CC1. The van der Waals surface area contributed by atoms with Crippen molar-refractivity contribution >= 4 is 57.4 Å². The van der Waals surface area contributed by atoms with Gasteiger partial charge in [0.05, 0.1) is 46.2 Å². The lowest BCUT2D eigenvalue weighted by Gasteiger charge is -2.40. The second-order valence-electron chi connectivity index (χ2n) is 23.8. The van der Waals surface area contributed by atoms with Gasteiger partial charge in [0.15, 0.2) is 11.6 Å². The quantitative estimate of drug-likeness (QED) is 0.0653. The van der Waals surface area contributed by atoms with Gasteiger partial charge in [-0.2, -0.15) is 0 Å². The van der Waals surface area contributed by atoms with Crippen LogP contribution in [0.15, 0.2) is 36.4 Å². The summed E-state index contributed by atoms with van der Waals surface area (Å²) in [6.07, 6.45) is 8.60. The van der Waals surface area contributed by atoms with Crippen LogP contribution in [0, 0.1) is 46.4 Å². The molecule has 6 fully saturated rings. The summed E-state index contributed by atoms with van der Waals surface area (Å²) in [7, 11) is 0. The molecule has 2 aromatic heterocycles. The normalized spacial score (nSPS) is 23.7. The molecule has 6 aliphatic rings. The van der Waals surface area contributed by atoms with Crippen LogP contribution in [0.5, 0.6) is 0 Å². The van der Waals surface area contributed by atoms with Crippen molar-refractivity contribution in [2.24, 2.45) is 23.2 Å². The van der Waals surface area contributed by atoms with Crippen LogP contribution in [0.2, 0.25) is 0 Å². The van der Waals surface area contributed by atoms with E-state index in [0.717, 1.165) is 64.2 Å². The molecule has 2 saturated carbocycles. The molecule has 20 heteroatoms. The average Bonchev–Trinajstić information content (AvgIpc) is 4.25. The number of carbonyl (C=O) groups is 4. The zero-order valence-corrected chi connectivity index (χ0v) is 44.0. The number of anilines is 2. The standard InChI is InChI=1S/C57H70F4N10O6/c1-57(2,3)32-18-22-68(23-19-32)50-38(60)24-33(25-39(50)61)71-44(34-26-40-42(28-36(34)58)64-51(62-40)46-14-8-20-69(46)53(72)48(66-55(74)75)30-10-4-5-11-30)16-17-45(71)35-27-41-43(29-37(35)59)65-52(63-41)47-15-9-21-70(47)54(73)49(67-56(76)77)31-12-6-7-13-31/h24-32,44-49,66-67H,4-23H2,1-3H3,(H,62,64)(H,63,65)(H,74,75)(H,76,77)/t44-,45-,46+,47+,48+,49+/m1/s1. The van der Waals surface area contributed by atoms with Crippen LogP contribution in [0.1, 0.15) is 170 Å². The minimum Gasteiger partial charge on any atom is -0.465 e. The summed E-state index contributed by atoms with van der Waals surface area (Å²) < 4.78 is 67.5.